The van der Waals surface area contributed by atoms with Gasteiger partial charge in [0.1, 0.15) is 0 Å². The maximum absolute atomic E-state index is 12.6. The number of nitrogens with one attached hydrogen (secondary N) is 4. The zero-order valence-electron chi connectivity index (χ0n) is 18.2. The summed E-state index contributed by atoms with van der Waals surface area (Å²) in [4.78, 5) is 27.5. The first kappa shape index (κ1) is 24.5. The van der Waals surface area contributed by atoms with Crippen LogP contribution in [0, 0.1) is 0 Å². The lowest BCUT2D eigenvalue weighted by atomic mass is 10.3. The highest BCUT2D eigenvalue weighted by Crippen LogP contribution is 2.20. The summed E-state index contributed by atoms with van der Waals surface area (Å²) in [5.74, 6) is -0.200. The van der Waals surface area contributed by atoms with Gasteiger partial charge in [0.05, 0.1) is 9.79 Å². The number of rotatable bonds is 8. The van der Waals surface area contributed by atoms with Crippen LogP contribution in [-0.2, 0) is 20.0 Å². The average Bonchev–Trinajstić information content (AvgIpc) is 2.85. The molecule has 15 heteroatoms. The van der Waals surface area contributed by atoms with Gasteiger partial charge >= 0.3 is 6.03 Å². The highest BCUT2D eigenvalue weighted by Gasteiger charge is 2.18. The van der Waals surface area contributed by atoms with Gasteiger partial charge < -0.3 is 10.6 Å². The molecule has 0 aliphatic carbocycles. The Labute approximate surface area is 206 Å². The number of aromatic nitrogens is 4. The van der Waals surface area contributed by atoms with Gasteiger partial charge in [-0.05, 0) is 48.5 Å². The van der Waals surface area contributed by atoms with Crippen molar-refractivity contribution in [2.45, 2.75) is 9.79 Å². The molecule has 0 unspecified atom stereocenters. The normalized spacial score (nSPS) is 11.3. The Morgan fingerprint density at radius 1 is 0.583 bits per heavy atom. The van der Waals surface area contributed by atoms with Crippen molar-refractivity contribution in [1.29, 1.82) is 0 Å². The van der Waals surface area contributed by atoms with Gasteiger partial charge in [0.2, 0.25) is 11.9 Å². The van der Waals surface area contributed by atoms with Crippen molar-refractivity contribution in [1.82, 2.24) is 19.9 Å². The van der Waals surface area contributed by atoms with Crippen molar-refractivity contribution in [2.75, 3.05) is 20.1 Å². The van der Waals surface area contributed by atoms with Gasteiger partial charge in [0, 0.05) is 36.2 Å². The summed E-state index contributed by atoms with van der Waals surface area (Å²) in [5.41, 5.74) is 0.354. The van der Waals surface area contributed by atoms with E-state index in [1.54, 1.807) is 12.1 Å². The fourth-order valence-corrected chi connectivity index (χ4v) is 4.84. The van der Waals surface area contributed by atoms with Gasteiger partial charge in [-0.2, -0.15) is 0 Å². The van der Waals surface area contributed by atoms with E-state index < -0.39 is 26.1 Å². The predicted molar refractivity (Wildman–Crippen MR) is 131 cm³/mol. The number of hydrogen-bond acceptors (Lipinski definition) is 9. The van der Waals surface area contributed by atoms with E-state index in [9.17, 15) is 21.6 Å². The molecule has 0 aliphatic rings. The molecule has 0 fully saturated rings. The Hall–Kier alpha value is -4.63. The van der Waals surface area contributed by atoms with Crippen LogP contribution in [0.4, 0.5) is 28.1 Å². The van der Waals surface area contributed by atoms with E-state index >= 15 is 0 Å². The van der Waals surface area contributed by atoms with Crippen molar-refractivity contribution in [3.05, 3.63) is 85.5 Å². The smallest absolute Gasteiger partial charge is 0.308 e. The van der Waals surface area contributed by atoms with Gasteiger partial charge in [-0.3, -0.25) is 0 Å². The van der Waals surface area contributed by atoms with Gasteiger partial charge in [0.15, 0.2) is 0 Å². The molecule has 2 aromatic carbocycles. The number of urea groups is 1. The Kier molecular flexibility index (Phi) is 7.03. The van der Waals surface area contributed by atoms with Crippen LogP contribution < -0.4 is 20.1 Å². The van der Waals surface area contributed by atoms with E-state index in [4.69, 9.17) is 0 Å². The van der Waals surface area contributed by atoms with E-state index in [-0.39, 0.29) is 33.1 Å². The highest BCUT2D eigenvalue weighted by molar-refractivity contribution is 7.93. The number of carbonyl (C=O) groups excluding carboxylic acids is 1. The standard InChI is InChI=1S/C21H18N8O5S2/c30-21(26-15-5-1-7-17(13-15)35(31,32)28-19-22-9-3-10-23-19)27-16-6-2-8-18(14-16)36(33,34)29-20-24-11-4-12-25-20/h1-14H,(H,22,23,28)(H,24,25,29)(H2,26,27,30). The lowest BCUT2D eigenvalue weighted by Crippen LogP contribution is -2.21. The van der Waals surface area contributed by atoms with E-state index in [2.05, 4.69) is 40.0 Å². The zero-order valence-corrected chi connectivity index (χ0v) is 19.9. The first-order chi connectivity index (χ1) is 17.2. The Morgan fingerprint density at radius 2 is 0.972 bits per heavy atom. The molecular formula is C21H18N8O5S2. The monoisotopic (exact) mass is 526 g/mol. The molecule has 184 valence electrons. The summed E-state index contributed by atoms with van der Waals surface area (Å²) in [7, 11) is -8.02. The summed E-state index contributed by atoms with van der Waals surface area (Å²) in [6.07, 6.45) is 5.55. The third kappa shape index (κ3) is 6.28. The fraction of sp³-hybridized carbons (Fsp3) is 0. The molecule has 0 saturated carbocycles. The Morgan fingerprint density at radius 3 is 1.36 bits per heavy atom. The van der Waals surface area contributed by atoms with Crippen LogP contribution in [0.15, 0.2) is 95.2 Å². The molecule has 0 bridgehead atoms. The summed E-state index contributed by atoms with van der Waals surface area (Å²) in [6, 6.07) is 13.4. The lowest BCUT2D eigenvalue weighted by Gasteiger charge is -2.11. The molecule has 4 aromatic rings. The predicted octanol–water partition coefficient (Wildman–Crippen LogP) is 2.51. The number of nitrogens with zero attached hydrogens (tertiary/aromatic N) is 4. The minimum absolute atomic E-state index is 0.100. The molecule has 13 nitrogen and oxygen atoms in total. The van der Waals surface area contributed by atoms with E-state index in [1.807, 2.05) is 0 Å². The highest BCUT2D eigenvalue weighted by atomic mass is 32.2. The van der Waals surface area contributed by atoms with Gasteiger partial charge in [0.25, 0.3) is 20.0 Å². The average molecular weight is 527 g/mol. The van der Waals surface area contributed by atoms with Crippen LogP contribution >= 0.6 is 0 Å². The van der Waals surface area contributed by atoms with Crippen LogP contribution in [0.5, 0.6) is 0 Å². The summed E-state index contributed by atoms with van der Waals surface area (Å²) in [5, 5.41) is 5.01. The van der Waals surface area contributed by atoms with E-state index in [1.165, 1.54) is 73.3 Å². The van der Waals surface area contributed by atoms with Crippen molar-refractivity contribution in [3.8, 4) is 0 Å². The van der Waals surface area contributed by atoms with Gasteiger partial charge in [-0.1, -0.05) is 12.1 Å². The molecular weight excluding hydrogens is 508 g/mol. The Balaban J connectivity index is 1.44. The van der Waals surface area contributed by atoms with Gasteiger partial charge in [-0.25, -0.2) is 51.0 Å². The molecule has 0 radical (unpaired) electrons. The second-order valence-corrected chi connectivity index (χ2v) is 10.4. The molecule has 36 heavy (non-hydrogen) atoms. The number of sulfonamides is 2. The number of carbonyl (C=O) groups is 1. The number of benzene rings is 2. The molecule has 0 saturated heterocycles. The maximum atomic E-state index is 12.6. The fourth-order valence-electron chi connectivity index (χ4n) is 2.84. The number of anilines is 4. The third-order valence-electron chi connectivity index (χ3n) is 4.39. The van der Waals surface area contributed by atoms with Crippen molar-refractivity contribution in [3.63, 3.8) is 0 Å². The second kappa shape index (κ2) is 10.3. The van der Waals surface area contributed by atoms with Crippen LogP contribution in [-0.4, -0.2) is 42.8 Å². The van der Waals surface area contributed by atoms with Crippen molar-refractivity contribution >= 4 is 49.3 Å². The first-order valence-corrected chi connectivity index (χ1v) is 13.1. The van der Waals surface area contributed by atoms with Crippen LogP contribution in [0.25, 0.3) is 0 Å². The Bertz CT molecular complexity index is 1470. The molecule has 2 heterocycles. The zero-order chi connectivity index (χ0) is 25.6. The van der Waals surface area contributed by atoms with Crippen molar-refractivity contribution < 1.29 is 21.6 Å². The minimum Gasteiger partial charge on any atom is -0.308 e. The third-order valence-corrected chi connectivity index (χ3v) is 7.04. The molecule has 2 aromatic heterocycles. The topological polar surface area (TPSA) is 185 Å². The molecule has 0 aliphatic heterocycles. The van der Waals surface area contributed by atoms with E-state index in [0.29, 0.717) is 0 Å². The molecule has 4 rings (SSSR count). The largest absolute Gasteiger partial charge is 0.323 e. The molecule has 0 spiro atoms. The van der Waals surface area contributed by atoms with Gasteiger partial charge in [-0.15, -0.1) is 0 Å². The van der Waals surface area contributed by atoms with Crippen LogP contribution in [0.2, 0.25) is 0 Å². The number of amides is 2. The molecule has 4 N–H and O–H groups in total. The molecule has 0 atom stereocenters. The number of hydrogen-bond donors (Lipinski definition) is 4. The second-order valence-electron chi connectivity index (χ2n) is 6.99. The summed E-state index contributed by atoms with van der Waals surface area (Å²) >= 11 is 0. The SMILES string of the molecule is O=C(Nc1cccc(S(=O)(=O)Nc2ncccn2)c1)Nc1cccc(S(=O)(=O)Nc2ncccn2)c1. The summed E-state index contributed by atoms with van der Waals surface area (Å²) in [6.45, 7) is 0. The molecule has 2 amide bonds. The quantitative estimate of drug-likeness (QED) is 0.268. The van der Waals surface area contributed by atoms with Crippen LogP contribution in [0.1, 0.15) is 0 Å². The van der Waals surface area contributed by atoms with E-state index in [0.717, 1.165) is 0 Å². The maximum Gasteiger partial charge on any atom is 0.323 e. The van der Waals surface area contributed by atoms with Crippen LogP contribution in [0.3, 0.4) is 0 Å². The van der Waals surface area contributed by atoms with Crippen molar-refractivity contribution in [2.24, 2.45) is 0 Å². The lowest BCUT2D eigenvalue weighted by molar-refractivity contribution is 0.262. The summed E-state index contributed by atoms with van der Waals surface area (Å²) < 4.78 is 54.9. The minimum atomic E-state index is -4.01. The first-order valence-electron chi connectivity index (χ1n) is 10.1.